The lowest BCUT2D eigenvalue weighted by atomic mass is 10.2. The highest BCUT2D eigenvalue weighted by molar-refractivity contribution is 7.99. The van der Waals surface area contributed by atoms with Gasteiger partial charge < -0.3 is 10.1 Å². The monoisotopic (exact) mass is 347 g/mol. The normalized spacial score (nSPS) is 14.0. The molecule has 1 saturated carbocycles. The maximum atomic E-state index is 12.0. The van der Waals surface area contributed by atoms with Crippen LogP contribution >= 0.6 is 11.8 Å². The third kappa shape index (κ3) is 4.70. The van der Waals surface area contributed by atoms with Crippen LogP contribution in [-0.4, -0.2) is 38.0 Å². The molecule has 0 atom stereocenters. The molecule has 3 rings (SSSR count). The smallest absolute Gasteiger partial charge is 0.230 e. The van der Waals surface area contributed by atoms with E-state index in [0.29, 0.717) is 23.5 Å². The molecule has 1 aromatic carbocycles. The van der Waals surface area contributed by atoms with Gasteiger partial charge in [0, 0.05) is 6.54 Å². The standard InChI is InChI=1S/C16H21N5O2S/c1-11(2)23-14-7-3-12(4-8-14)9-17-15(22)10-24-16-18-19-20-21(16)13-5-6-13/h3-4,7-8,11,13H,5-6,9-10H2,1-2H3,(H,17,22). The van der Waals surface area contributed by atoms with Crippen molar-refractivity contribution >= 4 is 17.7 Å². The van der Waals surface area contributed by atoms with Crippen molar-refractivity contribution in [2.45, 2.75) is 50.5 Å². The lowest BCUT2D eigenvalue weighted by Gasteiger charge is -2.10. The van der Waals surface area contributed by atoms with Crippen molar-refractivity contribution in [3.63, 3.8) is 0 Å². The number of ether oxygens (including phenoxy) is 1. The van der Waals surface area contributed by atoms with Gasteiger partial charge in [0.2, 0.25) is 11.1 Å². The number of tetrazole rings is 1. The molecule has 1 aliphatic carbocycles. The quantitative estimate of drug-likeness (QED) is 0.737. The number of hydrogen-bond acceptors (Lipinski definition) is 6. The third-order valence-electron chi connectivity index (χ3n) is 3.47. The van der Waals surface area contributed by atoms with Gasteiger partial charge in [-0.15, -0.1) is 5.10 Å². The topological polar surface area (TPSA) is 81.9 Å². The third-order valence-corrected chi connectivity index (χ3v) is 4.41. The Bertz CT molecular complexity index is 682. The molecule has 1 N–H and O–H groups in total. The molecule has 7 nitrogen and oxygen atoms in total. The van der Waals surface area contributed by atoms with Crippen LogP contribution in [0.3, 0.4) is 0 Å². The van der Waals surface area contributed by atoms with Gasteiger partial charge in [-0.05, 0) is 54.8 Å². The molecule has 0 bridgehead atoms. The van der Waals surface area contributed by atoms with Crippen LogP contribution in [-0.2, 0) is 11.3 Å². The molecular formula is C16H21N5O2S. The molecule has 1 aliphatic rings. The largest absolute Gasteiger partial charge is 0.491 e. The van der Waals surface area contributed by atoms with E-state index in [-0.39, 0.29) is 12.0 Å². The first-order chi connectivity index (χ1) is 11.6. The Kier molecular flexibility index (Phi) is 5.34. The van der Waals surface area contributed by atoms with Crippen molar-refractivity contribution in [1.29, 1.82) is 0 Å². The van der Waals surface area contributed by atoms with Crippen molar-refractivity contribution in [2.24, 2.45) is 0 Å². The average Bonchev–Trinajstić information content (AvgIpc) is 3.30. The number of aromatic nitrogens is 4. The number of carbonyl (C=O) groups is 1. The number of hydrogen-bond donors (Lipinski definition) is 1. The zero-order valence-electron chi connectivity index (χ0n) is 13.8. The average molecular weight is 347 g/mol. The number of nitrogens with one attached hydrogen (secondary N) is 1. The van der Waals surface area contributed by atoms with Crippen LogP contribution < -0.4 is 10.1 Å². The number of amides is 1. The summed E-state index contributed by atoms with van der Waals surface area (Å²) in [5.74, 6) is 1.11. The minimum Gasteiger partial charge on any atom is -0.491 e. The molecule has 1 amide bonds. The van der Waals surface area contributed by atoms with E-state index in [9.17, 15) is 4.79 Å². The molecule has 0 radical (unpaired) electrons. The summed E-state index contributed by atoms with van der Waals surface area (Å²) >= 11 is 1.37. The van der Waals surface area contributed by atoms with E-state index in [1.165, 1.54) is 11.8 Å². The summed E-state index contributed by atoms with van der Waals surface area (Å²) in [6, 6.07) is 8.16. The SMILES string of the molecule is CC(C)Oc1ccc(CNC(=O)CSc2nnnn2C2CC2)cc1. The van der Waals surface area contributed by atoms with Gasteiger partial charge in [-0.1, -0.05) is 23.9 Å². The summed E-state index contributed by atoms with van der Waals surface area (Å²) in [7, 11) is 0. The summed E-state index contributed by atoms with van der Waals surface area (Å²) < 4.78 is 7.41. The lowest BCUT2D eigenvalue weighted by Crippen LogP contribution is -2.24. The Balaban J connectivity index is 1.42. The molecule has 2 aromatic rings. The maximum absolute atomic E-state index is 12.0. The van der Waals surface area contributed by atoms with E-state index >= 15 is 0 Å². The second-order valence-electron chi connectivity index (χ2n) is 6.01. The molecule has 1 heterocycles. The Hall–Kier alpha value is -2.09. The van der Waals surface area contributed by atoms with E-state index in [1.54, 1.807) is 0 Å². The molecule has 1 fully saturated rings. The van der Waals surface area contributed by atoms with Gasteiger partial charge in [-0.3, -0.25) is 4.79 Å². The zero-order valence-corrected chi connectivity index (χ0v) is 14.6. The molecule has 0 saturated heterocycles. The summed E-state index contributed by atoms with van der Waals surface area (Å²) in [4.78, 5) is 12.0. The summed E-state index contributed by atoms with van der Waals surface area (Å²) in [6.45, 7) is 4.48. The first-order valence-corrected chi connectivity index (χ1v) is 9.03. The Labute approximate surface area is 145 Å². The van der Waals surface area contributed by atoms with E-state index in [2.05, 4.69) is 20.8 Å². The second kappa shape index (κ2) is 7.65. The first kappa shape index (κ1) is 16.8. The highest BCUT2D eigenvalue weighted by Gasteiger charge is 2.28. The molecule has 0 spiro atoms. The van der Waals surface area contributed by atoms with Crippen LogP contribution in [0, 0.1) is 0 Å². The van der Waals surface area contributed by atoms with Crippen molar-refractivity contribution in [3.8, 4) is 5.75 Å². The van der Waals surface area contributed by atoms with E-state index in [1.807, 2.05) is 42.8 Å². The van der Waals surface area contributed by atoms with E-state index < -0.39 is 0 Å². The Morgan fingerprint density at radius 2 is 2.12 bits per heavy atom. The Morgan fingerprint density at radius 3 is 2.79 bits per heavy atom. The highest BCUT2D eigenvalue weighted by atomic mass is 32.2. The van der Waals surface area contributed by atoms with Crippen LogP contribution in [0.15, 0.2) is 29.4 Å². The maximum Gasteiger partial charge on any atom is 0.230 e. The van der Waals surface area contributed by atoms with Gasteiger partial charge in [0.1, 0.15) is 5.75 Å². The van der Waals surface area contributed by atoms with Crippen LogP contribution in [0.2, 0.25) is 0 Å². The first-order valence-electron chi connectivity index (χ1n) is 8.05. The van der Waals surface area contributed by atoms with Crippen molar-refractivity contribution < 1.29 is 9.53 Å². The highest BCUT2D eigenvalue weighted by Crippen LogP contribution is 2.36. The fraction of sp³-hybridized carbons (Fsp3) is 0.500. The molecule has 1 aromatic heterocycles. The predicted molar refractivity (Wildman–Crippen MR) is 90.9 cm³/mol. The van der Waals surface area contributed by atoms with Crippen LogP contribution in [0.4, 0.5) is 0 Å². The Morgan fingerprint density at radius 1 is 1.38 bits per heavy atom. The van der Waals surface area contributed by atoms with Gasteiger partial charge in [0.05, 0.1) is 17.9 Å². The van der Waals surface area contributed by atoms with E-state index in [4.69, 9.17) is 4.74 Å². The molecule has 0 aliphatic heterocycles. The minimum atomic E-state index is -0.0344. The summed E-state index contributed by atoms with van der Waals surface area (Å²) in [5.41, 5.74) is 1.03. The number of carbonyl (C=O) groups excluding carboxylic acids is 1. The van der Waals surface area contributed by atoms with Crippen molar-refractivity contribution in [3.05, 3.63) is 29.8 Å². The molecule has 24 heavy (non-hydrogen) atoms. The van der Waals surface area contributed by atoms with Crippen molar-refractivity contribution in [1.82, 2.24) is 25.5 Å². The number of thioether (sulfide) groups is 1. The number of rotatable bonds is 8. The second-order valence-corrected chi connectivity index (χ2v) is 6.96. The van der Waals surface area contributed by atoms with Gasteiger partial charge in [0.15, 0.2) is 0 Å². The van der Waals surface area contributed by atoms with E-state index in [0.717, 1.165) is 24.2 Å². The van der Waals surface area contributed by atoms with Gasteiger partial charge in [-0.2, -0.15) is 0 Å². The molecule has 0 unspecified atom stereocenters. The molecular weight excluding hydrogens is 326 g/mol. The summed E-state index contributed by atoms with van der Waals surface area (Å²) in [6.07, 6.45) is 2.38. The number of nitrogens with zero attached hydrogens (tertiary/aromatic N) is 4. The van der Waals surface area contributed by atoms with Crippen LogP contribution in [0.25, 0.3) is 0 Å². The minimum absolute atomic E-state index is 0.0344. The predicted octanol–water partition coefficient (Wildman–Crippen LogP) is 2.20. The lowest BCUT2D eigenvalue weighted by molar-refractivity contribution is -0.118. The van der Waals surface area contributed by atoms with Crippen LogP contribution in [0.5, 0.6) is 5.75 Å². The van der Waals surface area contributed by atoms with Gasteiger partial charge >= 0.3 is 0 Å². The van der Waals surface area contributed by atoms with Crippen LogP contribution in [0.1, 0.15) is 38.3 Å². The fourth-order valence-corrected chi connectivity index (χ4v) is 2.94. The fourth-order valence-electron chi connectivity index (χ4n) is 2.17. The van der Waals surface area contributed by atoms with Crippen molar-refractivity contribution in [2.75, 3.05) is 5.75 Å². The molecule has 128 valence electrons. The van der Waals surface area contributed by atoms with Gasteiger partial charge in [0.25, 0.3) is 0 Å². The zero-order chi connectivity index (χ0) is 16.9. The van der Waals surface area contributed by atoms with Gasteiger partial charge in [-0.25, -0.2) is 4.68 Å². The molecule has 8 heteroatoms. The number of benzene rings is 1. The summed E-state index contributed by atoms with van der Waals surface area (Å²) in [5, 5.41) is 15.2.